The molecule has 1 heterocycles. The van der Waals surface area contributed by atoms with Gasteiger partial charge in [0.25, 0.3) is 0 Å². The van der Waals surface area contributed by atoms with E-state index in [0.717, 1.165) is 18.7 Å². The van der Waals surface area contributed by atoms with Gasteiger partial charge in [-0.3, -0.25) is 9.48 Å². The largest absolute Gasteiger partial charge is 0.469 e. The number of hydrogen-bond donors (Lipinski definition) is 0. The highest BCUT2D eigenvalue weighted by atomic mass is 16.5. The first-order valence-corrected chi connectivity index (χ1v) is 5.42. The van der Waals surface area contributed by atoms with Gasteiger partial charge in [-0.2, -0.15) is 5.10 Å². The predicted molar refractivity (Wildman–Crippen MR) is 60.9 cm³/mol. The average Bonchev–Trinajstić information content (AvgIpc) is 2.73. The molecular weight excluding hydrogens is 206 g/mol. The van der Waals surface area contributed by atoms with Crippen LogP contribution in [-0.2, 0) is 22.6 Å². The molecule has 1 aromatic heterocycles. The lowest BCUT2D eigenvalue weighted by molar-refractivity contribution is -0.140. The summed E-state index contributed by atoms with van der Waals surface area (Å²) in [7, 11) is 3.39. The van der Waals surface area contributed by atoms with Crippen LogP contribution in [-0.4, -0.2) is 41.4 Å². The molecule has 0 spiro atoms. The number of carbonyl (C=O) groups is 1. The Hall–Kier alpha value is -1.36. The fourth-order valence-electron chi connectivity index (χ4n) is 1.44. The van der Waals surface area contributed by atoms with Crippen molar-refractivity contribution >= 4 is 5.97 Å². The van der Waals surface area contributed by atoms with Gasteiger partial charge in [-0.25, -0.2) is 0 Å². The number of carbonyl (C=O) groups excluding carboxylic acids is 1. The van der Waals surface area contributed by atoms with Crippen LogP contribution in [0.2, 0.25) is 0 Å². The Morgan fingerprint density at radius 3 is 2.94 bits per heavy atom. The summed E-state index contributed by atoms with van der Waals surface area (Å²) >= 11 is 0. The molecule has 0 N–H and O–H groups in total. The highest BCUT2D eigenvalue weighted by Crippen LogP contribution is 2.02. The quantitative estimate of drug-likeness (QED) is 0.675. The summed E-state index contributed by atoms with van der Waals surface area (Å²) in [6.07, 6.45) is 4.31. The van der Waals surface area contributed by atoms with Gasteiger partial charge in [-0.15, -0.1) is 0 Å². The zero-order valence-corrected chi connectivity index (χ0v) is 10.1. The Labute approximate surface area is 96.0 Å². The van der Waals surface area contributed by atoms with E-state index in [-0.39, 0.29) is 5.97 Å². The van der Waals surface area contributed by atoms with E-state index in [4.69, 9.17) is 0 Å². The third-order valence-corrected chi connectivity index (χ3v) is 2.39. The minimum Gasteiger partial charge on any atom is -0.469 e. The minimum atomic E-state index is -0.170. The van der Waals surface area contributed by atoms with E-state index in [1.165, 1.54) is 7.11 Å². The fraction of sp³-hybridized carbons (Fsp3) is 0.636. The molecule has 0 saturated carbocycles. The van der Waals surface area contributed by atoms with Gasteiger partial charge in [-0.1, -0.05) is 0 Å². The van der Waals surface area contributed by atoms with E-state index < -0.39 is 0 Å². The maximum Gasteiger partial charge on any atom is 0.306 e. The zero-order chi connectivity index (χ0) is 12.0. The Bertz CT molecular complexity index is 336. The van der Waals surface area contributed by atoms with Crippen LogP contribution in [0.1, 0.15) is 18.9 Å². The molecule has 0 aliphatic carbocycles. The average molecular weight is 225 g/mol. The second-order valence-corrected chi connectivity index (χ2v) is 3.77. The van der Waals surface area contributed by atoms with Crippen LogP contribution in [0, 0.1) is 0 Å². The van der Waals surface area contributed by atoms with E-state index in [0.29, 0.717) is 13.0 Å². The van der Waals surface area contributed by atoms with E-state index in [1.54, 1.807) is 0 Å². The molecule has 0 atom stereocenters. The lowest BCUT2D eigenvalue weighted by Crippen LogP contribution is -2.21. The first-order valence-electron chi connectivity index (χ1n) is 5.42. The van der Waals surface area contributed by atoms with Crippen molar-refractivity contribution in [3.05, 3.63) is 18.0 Å². The van der Waals surface area contributed by atoms with Crippen molar-refractivity contribution in [2.24, 2.45) is 0 Å². The number of esters is 1. The third kappa shape index (κ3) is 4.02. The van der Waals surface area contributed by atoms with Crippen molar-refractivity contribution in [3.63, 3.8) is 0 Å². The molecule has 0 radical (unpaired) electrons. The fourth-order valence-corrected chi connectivity index (χ4v) is 1.44. The Kier molecular flexibility index (Phi) is 4.98. The van der Waals surface area contributed by atoms with Crippen LogP contribution in [0.4, 0.5) is 0 Å². The van der Waals surface area contributed by atoms with Gasteiger partial charge in [0.05, 0.1) is 19.7 Å². The highest BCUT2D eigenvalue weighted by Gasteiger charge is 2.06. The Balaban J connectivity index is 2.33. The zero-order valence-electron chi connectivity index (χ0n) is 10.1. The summed E-state index contributed by atoms with van der Waals surface area (Å²) in [4.78, 5) is 13.0. The van der Waals surface area contributed by atoms with Crippen LogP contribution in [0.3, 0.4) is 0 Å². The number of aromatic nitrogens is 2. The molecule has 5 nitrogen and oxygen atoms in total. The van der Waals surface area contributed by atoms with Crippen LogP contribution in [0.25, 0.3) is 0 Å². The highest BCUT2D eigenvalue weighted by molar-refractivity contribution is 5.69. The van der Waals surface area contributed by atoms with Gasteiger partial charge in [0.2, 0.25) is 0 Å². The summed E-state index contributed by atoms with van der Waals surface area (Å²) in [6.45, 7) is 4.44. The first-order chi connectivity index (χ1) is 7.65. The standard InChI is InChI=1S/C11H19N3O2/c1-4-14-9-10(7-12-14)8-13(2)6-5-11(15)16-3/h7,9H,4-6,8H2,1-3H3. The van der Waals surface area contributed by atoms with Gasteiger partial charge < -0.3 is 9.64 Å². The molecule has 1 rings (SSSR count). The van der Waals surface area contributed by atoms with Crippen LogP contribution >= 0.6 is 0 Å². The third-order valence-electron chi connectivity index (χ3n) is 2.39. The predicted octanol–water partition coefficient (Wildman–Crippen LogP) is 0.898. The van der Waals surface area contributed by atoms with Crippen molar-refractivity contribution in [1.82, 2.24) is 14.7 Å². The number of ether oxygens (including phenoxy) is 1. The summed E-state index contributed by atoms with van der Waals surface area (Å²) in [5, 5.41) is 4.20. The second-order valence-electron chi connectivity index (χ2n) is 3.77. The molecule has 0 bridgehead atoms. The maximum absolute atomic E-state index is 11.0. The molecule has 90 valence electrons. The van der Waals surface area contributed by atoms with Gasteiger partial charge in [0, 0.05) is 31.4 Å². The Morgan fingerprint density at radius 1 is 1.62 bits per heavy atom. The second kappa shape index (κ2) is 6.27. The first kappa shape index (κ1) is 12.7. The lowest BCUT2D eigenvalue weighted by atomic mass is 10.3. The molecule has 16 heavy (non-hydrogen) atoms. The van der Waals surface area contributed by atoms with Gasteiger partial charge in [0.15, 0.2) is 0 Å². The maximum atomic E-state index is 11.0. The molecule has 0 aromatic carbocycles. The molecular formula is C11H19N3O2. The number of rotatable bonds is 6. The number of hydrogen-bond acceptors (Lipinski definition) is 4. The van der Waals surface area contributed by atoms with Crippen molar-refractivity contribution in [1.29, 1.82) is 0 Å². The van der Waals surface area contributed by atoms with Gasteiger partial charge in [-0.05, 0) is 14.0 Å². The molecule has 0 amide bonds. The molecule has 0 aliphatic heterocycles. The summed E-state index contributed by atoms with van der Waals surface area (Å²) in [5.41, 5.74) is 1.16. The van der Waals surface area contributed by atoms with Crippen molar-refractivity contribution in [2.45, 2.75) is 26.4 Å². The van der Waals surface area contributed by atoms with E-state index in [2.05, 4.69) is 21.7 Å². The lowest BCUT2D eigenvalue weighted by Gasteiger charge is -2.14. The molecule has 5 heteroatoms. The smallest absolute Gasteiger partial charge is 0.306 e. The SMILES string of the molecule is CCn1cc(CN(C)CCC(=O)OC)cn1. The van der Waals surface area contributed by atoms with Crippen molar-refractivity contribution < 1.29 is 9.53 Å². The number of aryl methyl sites for hydroxylation is 1. The van der Waals surface area contributed by atoms with Crippen molar-refractivity contribution in [2.75, 3.05) is 20.7 Å². The minimum absolute atomic E-state index is 0.170. The summed E-state index contributed by atoms with van der Waals surface area (Å²) in [5.74, 6) is -0.170. The molecule has 1 aromatic rings. The van der Waals surface area contributed by atoms with E-state index >= 15 is 0 Å². The normalized spacial score (nSPS) is 10.8. The molecule has 0 fully saturated rings. The Morgan fingerprint density at radius 2 is 2.38 bits per heavy atom. The topological polar surface area (TPSA) is 47.4 Å². The number of nitrogens with zero attached hydrogens (tertiary/aromatic N) is 3. The number of methoxy groups -OCH3 is 1. The van der Waals surface area contributed by atoms with Crippen LogP contribution in [0.5, 0.6) is 0 Å². The van der Waals surface area contributed by atoms with Crippen LogP contribution < -0.4 is 0 Å². The molecule has 0 unspecified atom stereocenters. The molecule has 0 saturated heterocycles. The summed E-state index contributed by atoms with van der Waals surface area (Å²) < 4.78 is 6.48. The van der Waals surface area contributed by atoms with Gasteiger partial charge >= 0.3 is 5.97 Å². The van der Waals surface area contributed by atoms with Crippen molar-refractivity contribution in [3.8, 4) is 0 Å². The van der Waals surface area contributed by atoms with E-state index in [9.17, 15) is 4.79 Å². The monoisotopic (exact) mass is 225 g/mol. The summed E-state index contributed by atoms with van der Waals surface area (Å²) in [6, 6.07) is 0. The molecule has 0 aliphatic rings. The van der Waals surface area contributed by atoms with Gasteiger partial charge in [0.1, 0.15) is 0 Å². The van der Waals surface area contributed by atoms with E-state index in [1.807, 2.05) is 24.1 Å². The van der Waals surface area contributed by atoms with Crippen LogP contribution in [0.15, 0.2) is 12.4 Å².